The van der Waals surface area contributed by atoms with E-state index in [9.17, 15) is 26.3 Å². The van der Waals surface area contributed by atoms with Crippen molar-refractivity contribution in [2.45, 2.75) is 12.6 Å². The van der Waals surface area contributed by atoms with Gasteiger partial charge in [0.2, 0.25) is 0 Å². The molecule has 0 N–H and O–H groups in total. The van der Waals surface area contributed by atoms with Crippen LogP contribution in [0, 0.1) is 5.82 Å². The summed E-state index contributed by atoms with van der Waals surface area (Å²) in [6.45, 7) is 0. The standard InChI is InChI=1S/C8H5F6NO/c1-16-7-5(9)3(8(12,13)14)2-4(15-7)6(10)11/h2,6H,1H3. The van der Waals surface area contributed by atoms with Crippen molar-refractivity contribution in [1.82, 2.24) is 4.98 Å². The predicted octanol–water partition coefficient (Wildman–Crippen LogP) is 3.19. The second-order valence-corrected chi connectivity index (χ2v) is 2.72. The lowest BCUT2D eigenvalue weighted by atomic mass is 10.2. The van der Waals surface area contributed by atoms with Crippen molar-refractivity contribution in [1.29, 1.82) is 0 Å². The smallest absolute Gasteiger partial charge is 0.419 e. The van der Waals surface area contributed by atoms with E-state index in [2.05, 4.69) is 9.72 Å². The van der Waals surface area contributed by atoms with Gasteiger partial charge < -0.3 is 4.74 Å². The molecule has 0 aliphatic heterocycles. The normalized spacial score (nSPS) is 12.0. The molecule has 1 heterocycles. The lowest BCUT2D eigenvalue weighted by molar-refractivity contribution is -0.140. The summed E-state index contributed by atoms with van der Waals surface area (Å²) in [6, 6.07) is -0.0392. The van der Waals surface area contributed by atoms with Gasteiger partial charge in [-0.25, -0.2) is 18.2 Å². The molecule has 0 aliphatic carbocycles. The number of hydrogen-bond donors (Lipinski definition) is 0. The van der Waals surface area contributed by atoms with E-state index in [1.54, 1.807) is 0 Å². The van der Waals surface area contributed by atoms with Crippen molar-refractivity contribution in [3.63, 3.8) is 0 Å². The van der Waals surface area contributed by atoms with Gasteiger partial charge in [0.05, 0.1) is 12.7 Å². The number of ether oxygens (including phenoxy) is 1. The van der Waals surface area contributed by atoms with Gasteiger partial charge in [-0.2, -0.15) is 13.2 Å². The lowest BCUT2D eigenvalue weighted by Crippen LogP contribution is -2.12. The molecule has 0 atom stereocenters. The van der Waals surface area contributed by atoms with Crippen LogP contribution < -0.4 is 4.74 Å². The molecule has 0 radical (unpaired) electrons. The van der Waals surface area contributed by atoms with E-state index in [-0.39, 0.29) is 6.07 Å². The summed E-state index contributed by atoms with van der Waals surface area (Å²) in [5.41, 5.74) is -3.01. The first-order chi connectivity index (χ1) is 7.27. The molecule has 0 aliphatic rings. The number of pyridine rings is 1. The Morgan fingerprint density at radius 1 is 1.31 bits per heavy atom. The van der Waals surface area contributed by atoms with Gasteiger partial charge in [0, 0.05) is 0 Å². The molecule has 0 bridgehead atoms. The topological polar surface area (TPSA) is 22.1 Å². The minimum absolute atomic E-state index is 0.0392. The zero-order valence-electron chi connectivity index (χ0n) is 7.78. The third-order valence-corrected chi connectivity index (χ3v) is 1.67. The fourth-order valence-corrected chi connectivity index (χ4v) is 0.978. The van der Waals surface area contributed by atoms with Crippen LogP contribution in [0.2, 0.25) is 0 Å². The second-order valence-electron chi connectivity index (χ2n) is 2.72. The Hall–Kier alpha value is -1.47. The quantitative estimate of drug-likeness (QED) is 0.746. The Kier molecular flexibility index (Phi) is 3.30. The molecule has 1 aromatic heterocycles. The van der Waals surface area contributed by atoms with Gasteiger partial charge in [-0.3, -0.25) is 0 Å². The zero-order chi connectivity index (χ0) is 12.5. The number of rotatable bonds is 2. The van der Waals surface area contributed by atoms with Crippen molar-refractivity contribution in [3.05, 3.63) is 23.1 Å². The molecule has 0 saturated carbocycles. The highest BCUT2D eigenvalue weighted by Gasteiger charge is 2.37. The van der Waals surface area contributed by atoms with Crippen molar-refractivity contribution in [2.75, 3.05) is 7.11 Å². The summed E-state index contributed by atoms with van der Waals surface area (Å²) in [5.74, 6) is -2.91. The Balaban J connectivity index is 3.42. The van der Waals surface area contributed by atoms with E-state index in [1.165, 1.54) is 0 Å². The van der Waals surface area contributed by atoms with Crippen LogP contribution in [0.4, 0.5) is 26.3 Å². The minimum Gasteiger partial charge on any atom is -0.479 e. The summed E-state index contributed by atoms with van der Waals surface area (Å²) in [6.07, 6.45) is -8.32. The first kappa shape index (κ1) is 12.6. The van der Waals surface area contributed by atoms with Crippen molar-refractivity contribution in [3.8, 4) is 5.88 Å². The molecule has 1 rings (SSSR count). The molecular weight excluding hydrogens is 240 g/mol. The largest absolute Gasteiger partial charge is 0.479 e. The first-order valence-electron chi connectivity index (χ1n) is 3.87. The van der Waals surface area contributed by atoms with Gasteiger partial charge in [0.15, 0.2) is 5.82 Å². The lowest BCUT2D eigenvalue weighted by Gasteiger charge is -2.11. The Morgan fingerprint density at radius 3 is 2.25 bits per heavy atom. The van der Waals surface area contributed by atoms with Crippen LogP contribution in [0.15, 0.2) is 6.07 Å². The SMILES string of the molecule is COc1nc(C(F)F)cc(C(F)(F)F)c1F. The van der Waals surface area contributed by atoms with Gasteiger partial charge in [-0.15, -0.1) is 0 Å². The highest BCUT2D eigenvalue weighted by Crippen LogP contribution is 2.36. The zero-order valence-corrected chi connectivity index (χ0v) is 7.78. The van der Waals surface area contributed by atoms with Crippen LogP contribution in [-0.4, -0.2) is 12.1 Å². The molecule has 0 spiro atoms. The molecule has 16 heavy (non-hydrogen) atoms. The van der Waals surface area contributed by atoms with E-state index in [0.717, 1.165) is 7.11 Å². The van der Waals surface area contributed by atoms with Gasteiger partial charge in [-0.05, 0) is 6.07 Å². The maximum atomic E-state index is 13.1. The predicted molar refractivity (Wildman–Crippen MR) is 40.7 cm³/mol. The number of hydrogen-bond acceptors (Lipinski definition) is 2. The molecule has 0 aromatic carbocycles. The van der Waals surface area contributed by atoms with Crippen LogP contribution in [0.5, 0.6) is 5.88 Å². The van der Waals surface area contributed by atoms with Gasteiger partial charge in [0.1, 0.15) is 5.69 Å². The molecule has 2 nitrogen and oxygen atoms in total. The molecule has 8 heteroatoms. The molecular formula is C8H5F6NO. The Bertz CT molecular complexity index is 389. The summed E-state index contributed by atoms with van der Waals surface area (Å²) < 4.78 is 78.3. The summed E-state index contributed by atoms with van der Waals surface area (Å²) in [7, 11) is 0.834. The van der Waals surface area contributed by atoms with Gasteiger partial charge >= 0.3 is 6.18 Å². The van der Waals surface area contributed by atoms with Crippen LogP contribution in [-0.2, 0) is 6.18 Å². The number of methoxy groups -OCH3 is 1. The van der Waals surface area contributed by atoms with Crippen LogP contribution in [0.25, 0.3) is 0 Å². The first-order valence-corrected chi connectivity index (χ1v) is 3.87. The maximum absolute atomic E-state index is 13.1. The van der Waals surface area contributed by atoms with Crippen molar-refractivity contribution in [2.24, 2.45) is 0 Å². The molecule has 0 unspecified atom stereocenters. The number of nitrogens with zero attached hydrogens (tertiary/aromatic N) is 1. The summed E-state index contributed by atoms with van der Waals surface area (Å²) >= 11 is 0. The highest BCUT2D eigenvalue weighted by atomic mass is 19.4. The monoisotopic (exact) mass is 245 g/mol. The fourth-order valence-electron chi connectivity index (χ4n) is 0.978. The molecule has 90 valence electrons. The number of alkyl halides is 5. The Morgan fingerprint density at radius 2 is 1.88 bits per heavy atom. The van der Waals surface area contributed by atoms with Crippen LogP contribution >= 0.6 is 0 Å². The van der Waals surface area contributed by atoms with E-state index in [4.69, 9.17) is 0 Å². The molecule has 1 aromatic rings. The van der Waals surface area contributed by atoms with Crippen molar-refractivity contribution < 1.29 is 31.1 Å². The fraction of sp³-hybridized carbons (Fsp3) is 0.375. The van der Waals surface area contributed by atoms with Crippen LogP contribution in [0.1, 0.15) is 17.7 Å². The summed E-state index contributed by atoms with van der Waals surface area (Å²) in [4.78, 5) is 2.92. The number of halogens is 6. The molecule has 0 fully saturated rings. The van der Waals surface area contributed by atoms with E-state index in [1.807, 2.05) is 0 Å². The number of aromatic nitrogens is 1. The average molecular weight is 245 g/mol. The third kappa shape index (κ3) is 2.37. The maximum Gasteiger partial charge on any atom is 0.419 e. The average Bonchev–Trinajstić information content (AvgIpc) is 2.15. The van der Waals surface area contributed by atoms with Gasteiger partial charge in [-0.1, -0.05) is 0 Å². The van der Waals surface area contributed by atoms with Crippen molar-refractivity contribution >= 4 is 0 Å². The minimum atomic E-state index is -5.08. The summed E-state index contributed by atoms with van der Waals surface area (Å²) in [5, 5.41) is 0. The van der Waals surface area contributed by atoms with E-state index in [0.29, 0.717) is 0 Å². The van der Waals surface area contributed by atoms with E-state index < -0.39 is 35.6 Å². The highest BCUT2D eigenvalue weighted by molar-refractivity contribution is 5.30. The van der Waals surface area contributed by atoms with E-state index >= 15 is 0 Å². The van der Waals surface area contributed by atoms with Gasteiger partial charge in [0.25, 0.3) is 12.3 Å². The second kappa shape index (κ2) is 4.18. The Labute approximate surface area is 85.9 Å². The molecule has 0 saturated heterocycles. The third-order valence-electron chi connectivity index (χ3n) is 1.67. The van der Waals surface area contributed by atoms with Crippen LogP contribution in [0.3, 0.4) is 0 Å². The molecule has 0 amide bonds.